The maximum atomic E-state index is 17.0. The minimum atomic E-state index is -2.29. The van der Waals surface area contributed by atoms with Crippen molar-refractivity contribution in [1.82, 2.24) is 9.97 Å². The largest absolute Gasteiger partial charge is 0.446 e. The number of halogens is 1. The van der Waals surface area contributed by atoms with Crippen molar-refractivity contribution in [2.45, 2.75) is 130 Å². The van der Waals surface area contributed by atoms with Crippen molar-refractivity contribution in [2.75, 3.05) is 35.3 Å². The topological polar surface area (TPSA) is 150 Å². The number of ether oxygens (including phenoxy) is 4. The van der Waals surface area contributed by atoms with Gasteiger partial charge in [0.2, 0.25) is 0 Å². The Morgan fingerprint density at radius 3 is 2.15 bits per heavy atom. The lowest BCUT2D eigenvalue weighted by Crippen LogP contribution is -2.46. The van der Waals surface area contributed by atoms with Crippen LogP contribution in [0.4, 0.5) is 36.0 Å². The number of nitrogens with one attached hydrogen (secondary N) is 2. The Morgan fingerprint density at radius 2 is 1.53 bits per heavy atom. The zero-order valence-electron chi connectivity index (χ0n) is 34.2. The molecule has 1 unspecified atom stereocenters. The van der Waals surface area contributed by atoms with E-state index in [1.165, 1.54) is 6.20 Å². The smallest absolute Gasteiger partial charge is 0.414 e. The van der Waals surface area contributed by atoms with Gasteiger partial charge in [-0.1, -0.05) is 20.8 Å². The Labute approximate surface area is 324 Å². The summed E-state index contributed by atoms with van der Waals surface area (Å²) in [7, 11) is -2.29. The molecule has 1 atom stereocenters. The number of rotatable bonds is 6. The lowest BCUT2D eigenvalue weighted by molar-refractivity contribution is 0.00588. The van der Waals surface area contributed by atoms with Crippen LogP contribution in [0.15, 0.2) is 24.5 Å². The second kappa shape index (κ2) is 15.7. The number of pyridine rings is 2. The number of carbonyl (C=O) groups excluding carboxylic acids is 3. The summed E-state index contributed by atoms with van der Waals surface area (Å²) >= 11 is 0. The summed E-state index contributed by atoms with van der Waals surface area (Å²) in [5, 5.41) is 5.89. The van der Waals surface area contributed by atoms with E-state index in [0.717, 1.165) is 0 Å². The molecule has 0 saturated carbocycles. The van der Waals surface area contributed by atoms with E-state index in [9.17, 15) is 14.4 Å². The maximum absolute atomic E-state index is 17.0. The number of aromatic nitrogens is 2. The molecule has 2 aliphatic heterocycles. The van der Waals surface area contributed by atoms with Crippen LogP contribution in [-0.2, 0) is 23.4 Å². The highest BCUT2D eigenvalue weighted by Crippen LogP contribution is 2.47. The van der Waals surface area contributed by atoms with Crippen LogP contribution in [0, 0.1) is 12.7 Å². The summed E-state index contributed by atoms with van der Waals surface area (Å²) < 4.78 is 46.2. The number of hydrogen-bond donors (Lipinski definition) is 2. The van der Waals surface area contributed by atoms with Crippen LogP contribution >= 0.6 is 0 Å². The Hall–Kier alpha value is -4.34. The average Bonchev–Trinajstić information content (AvgIpc) is 3.04. The number of nitrogens with zero attached hydrogens (tertiary/aromatic N) is 3. The molecule has 3 aromatic rings. The summed E-state index contributed by atoms with van der Waals surface area (Å²) in [6.45, 7) is 24.4. The molecule has 5 rings (SSSR count). The van der Waals surface area contributed by atoms with Gasteiger partial charge in [-0.2, -0.15) is 0 Å². The molecule has 2 aliphatic rings. The van der Waals surface area contributed by atoms with E-state index in [4.69, 9.17) is 28.4 Å². The predicted molar refractivity (Wildman–Crippen MR) is 213 cm³/mol. The molecule has 4 heterocycles. The zero-order chi connectivity index (χ0) is 40.7. The van der Waals surface area contributed by atoms with Gasteiger partial charge in [-0.25, -0.2) is 23.8 Å². The van der Waals surface area contributed by atoms with Gasteiger partial charge >= 0.3 is 18.3 Å². The van der Waals surface area contributed by atoms with Crippen LogP contribution in [0.3, 0.4) is 0 Å². The first-order chi connectivity index (χ1) is 25.4. The van der Waals surface area contributed by atoms with E-state index in [1.807, 2.05) is 0 Å². The van der Waals surface area contributed by atoms with Gasteiger partial charge in [0.05, 0.1) is 36.4 Å². The Bertz CT molecular complexity index is 1950. The summed E-state index contributed by atoms with van der Waals surface area (Å²) in [6.07, 6.45) is 1.81. The third-order valence-electron chi connectivity index (χ3n) is 9.93. The molecule has 13 nitrogen and oxygen atoms in total. The van der Waals surface area contributed by atoms with Crippen molar-refractivity contribution in [2.24, 2.45) is 0 Å². The lowest BCUT2D eigenvalue weighted by atomic mass is 9.93. The van der Waals surface area contributed by atoms with Crippen LogP contribution in [-0.4, -0.2) is 73.6 Å². The summed E-state index contributed by atoms with van der Waals surface area (Å²) in [5.74, 6) is -0.606. The van der Waals surface area contributed by atoms with E-state index in [0.29, 0.717) is 66.9 Å². The fourth-order valence-electron chi connectivity index (χ4n) is 6.24. The van der Waals surface area contributed by atoms with E-state index in [-0.39, 0.29) is 33.6 Å². The van der Waals surface area contributed by atoms with Crippen LogP contribution in [0.5, 0.6) is 0 Å². The minimum Gasteiger partial charge on any atom is -0.446 e. The highest BCUT2D eigenvalue weighted by molar-refractivity contribution is 6.74. The molecule has 0 bridgehead atoms. The predicted octanol–water partition coefficient (Wildman–Crippen LogP) is 10.0. The summed E-state index contributed by atoms with van der Waals surface area (Å²) in [6, 6.07) is 3.17. The maximum Gasteiger partial charge on any atom is 0.414 e. The molecule has 55 heavy (non-hydrogen) atoms. The molecule has 1 saturated heterocycles. The third kappa shape index (κ3) is 9.91. The van der Waals surface area contributed by atoms with Gasteiger partial charge in [0, 0.05) is 48.3 Å². The Kier molecular flexibility index (Phi) is 11.9. The van der Waals surface area contributed by atoms with Gasteiger partial charge < -0.3 is 23.4 Å². The standard InChI is InChI=1S/C40H56FN5O8Si/c1-23-27(21-43-33-29(54-55(11,12)40(8,9)10)13-16-46(34(23)33)37(49)53-39(5,6)7)26-19-24-20-30(44-35(47)51-25-14-17-50-18-15-25)42-22-28(24)32(31(26)41)45-36(48)52-38(2,3)4/h19-22,25,29H,13-18H2,1-12H3,(H,45,48)(H,42,44,47). The fraction of sp³-hybridized carbons (Fsp3) is 0.575. The third-order valence-corrected chi connectivity index (χ3v) is 14.4. The van der Waals surface area contributed by atoms with Gasteiger partial charge in [0.25, 0.3) is 0 Å². The molecule has 1 aromatic carbocycles. The number of hydrogen-bond acceptors (Lipinski definition) is 10. The van der Waals surface area contributed by atoms with Crippen LogP contribution in [0.1, 0.15) is 98.9 Å². The van der Waals surface area contributed by atoms with Gasteiger partial charge in [-0.3, -0.25) is 20.5 Å². The van der Waals surface area contributed by atoms with Crippen molar-refractivity contribution in [3.63, 3.8) is 0 Å². The second-order valence-electron chi connectivity index (χ2n) is 17.7. The molecule has 0 spiro atoms. The quantitative estimate of drug-likeness (QED) is 0.183. The van der Waals surface area contributed by atoms with Crippen molar-refractivity contribution >= 4 is 54.6 Å². The van der Waals surface area contributed by atoms with Crippen molar-refractivity contribution in [1.29, 1.82) is 0 Å². The van der Waals surface area contributed by atoms with Gasteiger partial charge in [-0.15, -0.1) is 0 Å². The molecule has 2 aromatic heterocycles. The number of fused-ring (bicyclic) bond motifs is 2. The van der Waals surface area contributed by atoms with Gasteiger partial charge in [-0.05, 0) is 96.1 Å². The Balaban J connectivity index is 1.65. The second-order valence-corrected chi connectivity index (χ2v) is 22.4. The molecule has 0 aliphatic carbocycles. The Morgan fingerprint density at radius 1 is 0.873 bits per heavy atom. The SMILES string of the molecule is Cc1c(-c2cc3cc(NC(=O)OC4CCOCC4)ncc3c(NC(=O)OC(C)(C)C)c2F)cnc2c1N(C(=O)OC(C)(C)C)CCC2O[Si](C)(C)C(C)(C)C. The molecule has 1 fully saturated rings. The first-order valence-electron chi connectivity index (χ1n) is 18.8. The molecule has 0 radical (unpaired) electrons. The summed E-state index contributed by atoms with van der Waals surface area (Å²) in [4.78, 5) is 50.4. The highest BCUT2D eigenvalue weighted by Gasteiger charge is 2.43. The average molecular weight is 782 g/mol. The van der Waals surface area contributed by atoms with Crippen LogP contribution < -0.4 is 15.5 Å². The normalized spacial score (nSPS) is 17.0. The van der Waals surface area contributed by atoms with Gasteiger partial charge in [0.15, 0.2) is 14.1 Å². The van der Waals surface area contributed by atoms with E-state index in [1.54, 1.807) is 71.7 Å². The van der Waals surface area contributed by atoms with E-state index in [2.05, 4.69) is 49.5 Å². The minimum absolute atomic E-state index is 0.0830. The molecular formula is C40H56FN5O8Si. The van der Waals surface area contributed by atoms with Crippen LogP contribution in [0.2, 0.25) is 18.1 Å². The lowest BCUT2D eigenvalue weighted by Gasteiger charge is -2.42. The zero-order valence-corrected chi connectivity index (χ0v) is 35.2. The molecule has 3 amide bonds. The van der Waals surface area contributed by atoms with Crippen molar-refractivity contribution in [3.05, 3.63) is 41.6 Å². The number of amides is 3. The first kappa shape index (κ1) is 41.8. The van der Waals surface area contributed by atoms with Gasteiger partial charge in [0.1, 0.15) is 23.1 Å². The van der Waals surface area contributed by atoms with E-state index < -0.39 is 49.7 Å². The fourth-order valence-corrected chi connectivity index (χ4v) is 7.54. The first-order valence-corrected chi connectivity index (χ1v) is 21.7. The van der Waals surface area contributed by atoms with Crippen LogP contribution in [0.25, 0.3) is 21.9 Å². The number of carbonyl (C=O) groups is 3. The number of anilines is 3. The molecule has 2 N–H and O–H groups in total. The molecule has 15 heteroatoms. The summed E-state index contributed by atoms with van der Waals surface area (Å²) in [5.41, 5.74) is 0.266. The molecule has 300 valence electrons. The van der Waals surface area contributed by atoms with Crippen molar-refractivity contribution < 1.29 is 42.1 Å². The number of benzene rings is 1. The van der Waals surface area contributed by atoms with E-state index >= 15 is 4.39 Å². The molecular weight excluding hydrogens is 726 g/mol. The highest BCUT2D eigenvalue weighted by atomic mass is 28.4. The monoisotopic (exact) mass is 781 g/mol. The van der Waals surface area contributed by atoms with Crippen molar-refractivity contribution in [3.8, 4) is 11.1 Å².